The fourth-order valence-corrected chi connectivity index (χ4v) is 2.14. The Morgan fingerprint density at radius 2 is 1.70 bits per heavy atom. The van der Waals surface area contributed by atoms with Crippen LogP contribution in [0.25, 0.3) is 0 Å². The van der Waals surface area contributed by atoms with E-state index in [4.69, 9.17) is 14.6 Å². The van der Waals surface area contributed by atoms with Gasteiger partial charge in [0.1, 0.15) is 24.4 Å². The normalized spacial score (nSPS) is 34.1. The minimum atomic E-state index is -1.40. The predicted molar refractivity (Wildman–Crippen MR) is 69.9 cm³/mol. The quantitative estimate of drug-likeness (QED) is 0.556. The van der Waals surface area contributed by atoms with Crippen molar-refractivity contribution in [1.82, 2.24) is 0 Å². The van der Waals surface area contributed by atoms with Crippen molar-refractivity contribution in [1.29, 1.82) is 0 Å². The summed E-state index contributed by atoms with van der Waals surface area (Å²) in [6, 6.07) is 9.67. The molecule has 112 valence electrons. The minimum absolute atomic E-state index is 0.298. The molecular formula is C14H20O6. The number of hydrogen-bond acceptors (Lipinski definition) is 6. The van der Waals surface area contributed by atoms with Gasteiger partial charge in [0.05, 0.1) is 13.2 Å². The Kier molecular flexibility index (Phi) is 5.47. The van der Waals surface area contributed by atoms with E-state index in [-0.39, 0.29) is 0 Å². The van der Waals surface area contributed by atoms with Crippen molar-refractivity contribution in [3.05, 3.63) is 35.9 Å². The van der Waals surface area contributed by atoms with Crippen molar-refractivity contribution >= 4 is 0 Å². The molecular weight excluding hydrogens is 264 g/mol. The van der Waals surface area contributed by atoms with E-state index in [1.807, 2.05) is 30.3 Å². The summed E-state index contributed by atoms with van der Waals surface area (Å²) >= 11 is 0. The Hall–Kier alpha value is -1.02. The molecule has 0 bridgehead atoms. The molecule has 0 amide bonds. The van der Waals surface area contributed by atoms with Gasteiger partial charge in [0.2, 0.25) is 0 Å². The van der Waals surface area contributed by atoms with Gasteiger partial charge in [-0.1, -0.05) is 30.3 Å². The smallest absolute Gasteiger partial charge is 0.186 e. The molecule has 6 heteroatoms. The van der Waals surface area contributed by atoms with Crippen LogP contribution in [0.3, 0.4) is 0 Å². The van der Waals surface area contributed by atoms with Crippen molar-refractivity contribution < 1.29 is 29.9 Å². The zero-order valence-corrected chi connectivity index (χ0v) is 11.0. The van der Waals surface area contributed by atoms with Gasteiger partial charge in [-0.15, -0.1) is 0 Å². The second-order valence-corrected chi connectivity index (χ2v) is 4.80. The van der Waals surface area contributed by atoms with Crippen LogP contribution >= 0.6 is 0 Å². The first-order valence-electron chi connectivity index (χ1n) is 6.59. The second-order valence-electron chi connectivity index (χ2n) is 4.80. The van der Waals surface area contributed by atoms with Crippen LogP contribution in [0.1, 0.15) is 5.56 Å². The van der Waals surface area contributed by atoms with Crippen LogP contribution in [0.15, 0.2) is 30.3 Å². The molecule has 0 spiro atoms. The summed E-state index contributed by atoms with van der Waals surface area (Å²) in [5.74, 6) is 0. The van der Waals surface area contributed by atoms with Crippen LogP contribution in [-0.2, 0) is 15.9 Å². The molecule has 0 unspecified atom stereocenters. The van der Waals surface area contributed by atoms with Gasteiger partial charge in [-0.25, -0.2) is 0 Å². The van der Waals surface area contributed by atoms with Crippen molar-refractivity contribution in [2.24, 2.45) is 0 Å². The van der Waals surface area contributed by atoms with E-state index in [2.05, 4.69) is 0 Å². The first-order chi connectivity index (χ1) is 9.63. The van der Waals surface area contributed by atoms with Crippen molar-refractivity contribution in [3.63, 3.8) is 0 Å². The van der Waals surface area contributed by atoms with E-state index in [0.717, 1.165) is 5.56 Å². The molecule has 0 aromatic heterocycles. The molecule has 1 aromatic rings. The number of ether oxygens (including phenoxy) is 2. The van der Waals surface area contributed by atoms with E-state index in [0.29, 0.717) is 13.0 Å². The summed E-state index contributed by atoms with van der Waals surface area (Å²) in [7, 11) is 0. The number of benzene rings is 1. The topological polar surface area (TPSA) is 99.4 Å². The number of hydrogen-bond donors (Lipinski definition) is 4. The van der Waals surface area contributed by atoms with E-state index in [9.17, 15) is 15.3 Å². The van der Waals surface area contributed by atoms with Crippen molar-refractivity contribution in [2.75, 3.05) is 13.2 Å². The predicted octanol–water partition coefficient (Wildman–Crippen LogP) is -0.954. The average molecular weight is 284 g/mol. The first kappa shape index (κ1) is 15.4. The molecule has 20 heavy (non-hydrogen) atoms. The second kappa shape index (κ2) is 7.12. The van der Waals surface area contributed by atoms with Crippen molar-refractivity contribution in [3.8, 4) is 0 Å². The minimum Gasteiger partial charge on any atom is -0.394 e. The zero-order valence-electron chi connectivity index (χ0n) is 11.0. The van der Waals surface area contributed by atoms with E-state index in [1.54, 1.807) is 0 Å². The van der Waals surface area contributed by atoms with Crippen LogP contribution in [0.2, 0.25) is 0 Å². The molecule has 6 nitrogen and oxygen atoms in total. The summed E-state index contributed by atoms with van der Waals surface area (Å²) in [6.07, 6.45) is -5.46. The molecule has 1 aromatic carbocycles. The third-order valence-corrected chi connectivity index (χ3v) is 3.36. The molecule has 1 heterocycles. The Morgan fingerprint density at radius 1 is 1.00 bits per heavy atom. The fraction of sp³-hybridized carbons (Fsp3) is 0.571. The fourth-order valence-electron chi connectivity index (χ4n) is 2.14. The largest absolute Gasteiger partial charge is 0.394 e. The molecule has 4 N–H and O–H groups in total. The van der Waals surface area contributed by atoms with E-state index in [1.165, 1.54) is 0 Å². The van der Waals surface area contributed by atoms with Gasteiger partial charge in [-0.3, -0.25) is 0 Å². The van der Waals surface area contributed by atoms with Gasteiger partial charge >= 0.3 is 0 Å². The standard InChI is InChI=1S/C14H20O6/c15-8-10-11(16)12(17)13(18)14(20-10)19-7-6-9-4-2-1-3-5-9/h1-5,10-18H,6-8H2/t10-,11+,12+,13+,14+/m0/s1. The van der Waals surface area contributed by atoms with Crippen LogP contribution in [-0.4, -0.2) is 64.3 Å². The highest BCUT2D eigenvalue weighted by atomic mass is 16.7. The van der Waals surface area contributed by atoms with Gasteiger partial charge in [0.25, 0.3) is 0 Å². The Bertz CT molecular complexity index is 396. The summed E-state index contributed by atoms with van der Waals surface area (Å²) in [4.78, 5) is 0. The highest BCUT2D eigenvalue weighted by Gasteiger charge is 2.43. The monoisotopic (exact) mass is 284 g/mol. The lowest BCUT2D eigenvalue weighted by atomic mass is 9.99. The van der Waals surface area contributed by atoms with Crippen LogP contribution in [0.4, 0.5) is 0 Å². The number of aliphatic hydroxyl groups is 4. The third kappa shape index (κ3) is 3.54. The van der Waals surface area contributed by atoms with Crippen LogP contribution in [0, 0.1) is 0 Å². The van der Waals surface area contributed by atoms with Gasteiger partial charge in [-0.05, 0) is 12.0 Å². The summed E-state index contributed by atoms with van der Waals surface area (Å²) in [5, 5.41) is 38.1. The summed E-state index contributed by atoms with van der Waals surface area (Å²) in [5.41, 5.74) is 1.08. The van der Waals surface area contributed by atoms with Gasteiger partial charge in [0, 0.05) is 0 Å². The third-order valence-electron chi connectivity index (χ3n) is 3.36. The van der Waals surface area contributed by atoms with Gasteiger partial charge in [0.15, 0.2) is 6.29 Å². The summed E-state index contributed by atoms with van der Waals surface area (Å²) in [6.45, 7) is -0.157. The molecule has 1 aliphatic heterocycles. The van der Waals surface area contributed by atoms with Gasteiger partial charge in [-0.2, -0.15) is 0 Å². The van der Waals surface area contributed by atoms with Crippen LogP contribution in [0.5, 0.6) is 0 Å². The maximum absolute atomic E-state index is 9.78. The Labute approximate surface area is 117 Å². The molecule has 1 saturated heterocycles. The molecule has 1 aliphatic rings. The van der Waals surface area contributed by atoms with E-state index < -0.39 is 37.3 Å². The van der Waals surface area contributed by atoms with E-state index >= 15 is 0 Å². The summed E-state index contributed by atoms with van der Waals surface area (Å²) < 4.78 is 10.6. The molecule has 5 atom stereocenters. The molecule has 1 fully saturated rings. The van der Waals surface area contributed by atoms with Crippen molar-refractivity contribution in [2.45, 2.75) is 37.1 Å². The first-order valence-corrected chi connectivity index (χ1v) is 6.59. The van der Waals surface area contributed by atoms with Crippen LogP contribution < -0.4 is 0 Å². The maximum Gasteiger partial charge on any atom is 0.186 e. The maximum atomic E-state index is 9.78. The molecule has 0 saturated carbocycles. The SMILES string of the molecule is OC[C@@H]1O[C@@H](OCCc2ccccc2)[C@H](O)[C@H](O)[C@@H]1O. The number of rotatable bonds is 5. The lowest BCUT2D eigenvalue weighted by Gasteiger charge is -2.39. The molecule has 0 radical (unpaired) electrons. The Balaban J connectivity index is 1.85. The highest BCUT2D eigenvalue weighted by molar-refractivity contribution is 5.14. The lowest BCUT2D eigenvalue weighted by Crippen LogP contribution is -2.59. The Morgan fingerprint density at radius 3 is 2.35 bits per heavy atom. The zero-order chi connectivity index (χ0) is 14.5. The number of aliphatic hydroxyl groups excluding tert-OH is 4. The van der Waals surface area contributed by atoms with Gasteiger partial charge < -0.3 is 29.9 Å². The molecule has 0 aliphatic carbocycles. The highest BCUT2D eigenvalue weighted by Crippen LogP contribution is 2.22. The average Bonchev–Trinajstić information content (AvgIpc) is 2.48. The lowest BCUT2D eigenvalue weighted by molar-refractivity contribution is -0.300. The molecule has 2 rings (SSSR count).